The van der Waals surface area contributed by atoms with Crippen molar-refractivity contribution in [3.63, 3.8) is 0 Å². The zero-order valence-corrected chi connectivity index (χ0v) is 9.98. The van der Waals surface area contributed by atoms with Gasteiger partial charge in [0.25, 0.3) is 0 Å². The van der Waals surface area contributed by atoms with Crippen LogP contribution in [-0.4, -0.2) is 43.3 Å². The molecule has 1 saturated heterocycles. The highest BCUT2D eigenvalue weighted by atomic mass is 16.5. The average Bonchev–Trinajstić information content (AvgIpc) is 2.59. The van der Waals surface area contributed by atoms with E-state index < -0.39 is 0 Å². The molecule has 1 aliphatic carbocycles. The van der Waals surface area contributed by atoms with E-state index in [1.54, 1.807) is 0 Å². The molecule has 3 nitrogen and oxygen atoms in total. The summed E-state index contributed by atoms with van der Waals surface area (Å²) in [7, 11) is 1.83. The van der Waals surface area contributed by atoms with Crippen LogP contribution < -0.4 is 5.73 Å². The molecule has 1 saturated carbocycles. The van der Waals surface area contributed by atoms with E-state index in [1.165, 1.54) is 32.2 Å². The van der Waals surface area contributed by atoms with Crippen molar-refractivity contribution in [2.24, 2.45) is 11.7 Å². The monoisotopic (exact) mass is 212 g/mol. The summed E-state index contributed by atoms with van der Waals surface area (Å²) in [6, 6.07) is 1.16. The topological polar surface area (TPSA) is 38.5 Å². The number of methoxy groups -OCH3 is 1. The fourth-order valence-corrected chi connectivity index (χ4v) is 2.97. The highest BCUT2D eigenvalue weighted by Gasteiger charge is 2.33. The van der Waals surface area contributed by atoms with Crippen molar-refractivity contribution in [2.45, 2.75) is 50.8 Å². The minimum atomic E-state index is 0.394. The van der Waals surface area contributed by atoms with E-state index in [2.05, 4.69) is 11.8 Å². The quantitative estimate of drug-likeness (QED) is 0.748. The molecule has 2 rings (SSSR count). The number of hydrogen-bond acceptors (Lipinski definition) is 3. The lowest BCUT2D eigenvalue weighted by atomic mass is 9.92. The zero-order valence-electron chi connectivity index (χ0n) is 9.98. The highest BCUT2D eigenvalue weighted by molar-refractivity contribution is 4.90. The van der Waals surface area contributed by atoms with Crippen molar-refractivity contribution < 1.29 is 4.74 Å². The summed E-state index contributed by atoms with van der Waals surface area (Å²) in [5.41, 5.74) is 6.06. The van der Waals surface area contributed by atoms with Gasteiger partial charge in [0.05, 0.1) is 6.10 Å². The Morgan fingerprint density at radius 1 is 1.13 bits per heavy atom. The molecule has 0 amide bonds. The van der Waals surface area contributed by atoms with Crippen molar-refractivity contribution in [2.75, 3.05) is 20.2 Å². The summed E-state index contributed by atoms with van der Waals surface area (Å²) in [4.78, 5) is 2.60. The summed E-state index contributed by atoms with van der Waals surface area (Å²) in [5.74, 6) is 0.671. The predicted molar refractivity (Wildman–Crippen MR) is 61.8 cm³/mol. The van der Waals surface area contributed by atoms with Gasteiger partial charge in [-0.15, -0.1) is 0 Å². The van der Waals surface area contributed by atoms with E-state index in [4.69, 9.17) is 10.5 Å². The molecule has 1 aliphatic heterocycles. The normalized spacial score (nSPS) is 43.4. The fraction of sp³-hybridized carbons (Fsp3) is 1.00. The Hall–Kier alpha value is -0.120. The minimum Gasteiger partial charge on any atom is -0.381 e. The van der Waals surface area contributed by atoms with Gasteiger partial charge in [-0.05, 0) is 31.6 Å². The number of nitrogens with zero attached hydrogens (tertiary/aromatic N) is 1. The first-order valence-corrected chi connectivity index (χ1v) is 6.23. The Morgan fingerprint density at radius 2 is 1.80 bits per heavy atom. The third kappa shape index (κ3) is 2.52. The smallest absolute Gasteiger partial charge is 0.0572 e. The van der Waals surface area contributed by atoms with E-state index in [1.807, 2.05) is 7.11 Å². The number of likely N-dealkylation sites (tertiary alicyclic amines) is 1. The van der Waals surface area contributed by atoms with Crippen LogP contribution in [0.2, 0.25) is 0 Å². The van der Waals surface area contributed by atoms with Crippen LogP contribution in [0.3, 0.4) is 0 Å². The molecule has 0 aromatic heterocycles. The summed E-state index contributed by atoms with van der Waals surface area (Å²) in [5, 5.41) is 0. The van der Waals surface area contributed by atoms with Gasteiger partial charge in [-0.25, -0.2) is 0 Å². The van der Waals surface area contributed by atoms with Crippen LogP contribution in [0.25, 0.3) is 0 Å². The highest BCUT2D eigenvalue weighted by Crippen LogP contribution is 2.28. The summed E-state index contributed by atoms with van der Waals surface area (Å²) in [6.07, 6.45) is 5.54. The molecule has 2 aliphatic rings. The number of ether oxygens (including phenoxy) is 1. The van der Waals surface area contributed by atoms with Crippen LogP contribution in [-0.2, 0) is 4.74 Å². The first-order valence-electron chi connectivity index (χ1n) is 6.23. The molecular weight excluding hydrogens is 188 g/mol. The Balaban J connectivity index is 1.81. The Kier molecular flexibility index (Phi) is 3.65. The lowest BCUT2D eigenvalue weighted by Gasteiger charge is -2.34. The first-order chi connectivity index (χ1) is 7.20. The molecule has 2 atom stereocenters. The molecule has 0 aromatic carbocycles. The largest absolute Gasteiger partial charge is 0.381 e. The van der Waals surface area contributed by atoms with Crippen LogP contribution in [0.5, 0.6) is 0 Å². The molecule has 0 aromatic rings. The predicted octanol–water partition coefficient (Wildman–Crippen LogP) is 1.22. The van der Waals surface area contributed by atoms with Gasteiger partial charge in [0.2, 0.25) is 0 Å². The van der Waals surface area contributed by atoms with Crippen molar-refractivity contribution >= 4 is 0 Å². The fourth-order valence-electron chi connectivity index (χ4n) is 2.97. The summed E-state index contributed by atoms with van der Waals surface area (Å²) < 4.78 is 5.40. The van der Waals surface area contributed by atoms with Gasteiger partial charge in [0.15, 0.2) is 0 Å². The van der Waals surface area contributed by atoms with E-state index in [-0.39, 0.29) is 0 Å². The van der Waals surface area contributed by atoms with E-state index in [0.717, 1.165) is 12.6 Å². The molecule has 0 bridgehead atoms. The summed E-state index contributed by atoms with van der Waals surface area (Å²) >= 11 is 0. The van der Waals surface area contributed by atoms with Crippen LogP contribution in [0.15, 0.2) is 0 Å². The average molecular weight is 212 g/mol. The van der Waals surface area contributed by atoms with Gasteiger partial charge in [-0.2, -0.15) is 0 Å². The van der Waals surface area contributed by atoms with Gasteiger partial charge in [0.1, 0.15) is 0 Å². The second-order valence-electron chi connectivity index (χ2n) is 5.26. The number of nitrogens with two attached hydrogens (primary N) is 1. The van der Waals surface area contributed by atoms with Crippen molar-refractivity contribution in [3.8, 4) is 0 Å². The number of rotatable bonds is 2. The molecule has 88 valence electrons. The van der Waals surface area contributed by atoms with Gasteiger partial charge in [0, 0.05) is 32.3 Å². The lowest BCUT2D eigenvalue weighted by molar-refractivity contribution is 0.0430. The third-order valence-corrected chi connectivity index (χ3v) is 4.19. The maximum atomic E-state index is 6.06. The molecule has 0 radical (unpaired) electrons. The Morgan fingerprint density at radius 3 is 2.27 bits per heavy atom. The first kappa shape index (κ1) is 11.4. The van der Waals surface area contributed by atoms with Crippen molar-refractivity contribution in [1.29, 1.82) is 0 Å². The van der Waals surface area contributed by atoms with Crippen LogP contribution in [0.4, 0.5) is 0 Å². The molecule has 0 spiro atoms. The van der Waals surface area contributed by atoms with Gasteiger partial charge < -0.3 is 10.5 Å². The lowest BCUT2D eigenvalue weighted by Crippen LogP contribution is -2.39. The summed E-state index contributed by atoms with van der Waals surface area (Å²) in [6.45, 7) is 4.57. The van der Waals surface area contributed by atoms with Crippen LogP contribution >= 0.6 is 0 Å². The third-order valence-electron chi connectivity index (χ3n) is 4.19. The maximum absolute atomic E-state index is 6.06. The SMILES string of the molecule is COC1CCC(N2CC(C)C(N)C2)CC1. The van der Waals surface area contributed by atoms with E-state index in [0.29, 0.717) is 18.1 Å². The second-order valence-corrected chi connectivity index (χ2v) is 5.26. The van der Waals surface area contributed by atoms with Crippen molar-refractivity contribution in [1.82, 2.24) is 4.90 Å². The molecular formula is C12H24N2O. The zero-order chi connectivity index (χ0) is 10.8. The van der Waals surface area contributed by atoms with Crippen LogP contribution in [0.1, 0.15) is 32.6 Å². The van der Waals surface area contributed by atoms with E-state index in [9.17, 15) is 0 Å². The molecule has 3 heteroatoms. The van der Waals surface area contributed by atoms with Gasteiger partial charge >= 0.3 is 0 Å². The second kappa shape index (κ2) is 4.81. The van der Waals surface area contributed by atoms with Crippen molar-refractivity contribution in [3.05, 3.63) is 0 Å². The maximum Gasteiger partial charge on any atom is 0.0572 e. The van der Waals surface area contributed by atoms with E-state index >= 15 is 0 Å². The Bertz CT molecular complexity index is 192. The molecule has 15 heavy (non-hydrogen) atoms. The molecule has 2 unspecified atom stereocenters. The van der Waals surface area contributed by atoms with Gasteiger partial charge in [-0.1, -0.05) is 6.92 Å². The molecule has 1 heterocycles. The van der Waals surface area contributed by atoms with Crippen LogP contribution in [0, 0.1) is 5.92 Å². The standard InChI is InChI=1S/C12H24N2O/c1-9-7-14(8-12(9)13)10-3-5-11(15-2)6-4-10/h9-12H,3-8,13H2,1-2H3. The minimum absolute atomic E-state index is 0.394. The van der Waals surface area contributed by atoms with Gasteiger partial charge in [-0.3, -0.25) is 4.90 Å². The Labute approximate surface area is 93.0 Å². The number of hydrogen-bond donors (Lipinski definition) is 1. The molecule has 2 fully saturated rings. The molecule has 2 N–H and O–H groups in total.